The average Bonchev–Trinajstić information content (AvgIpc) is 3.31. The number of carbonyl (C=O) groups is 1. The second-order valence-electron chi connectivity index (χ2n) is 10.2. The number of benzene rings is 3. The molecule has 228 valence electrons. The van der Waals surface area contributed by atoms with Crippen LogP contribution in [-0.2, 0) is 11.4 Å². The summed E-state index contributed by atoms with van der Waals surface area (Å²) < 4.78 is 27.2. The number of hydrogen-bond acceptors (Lipinski definition) is 6. The molecule has 3 aromatic carbocycles. The number of carbonyl (C=O) groups excluding carboxylic acids is 1. The molecule has 0 spiro atoms. The fourth-order valence-corrected chi connectivity index (χ4v) is 6.30. The van der Waals surface area contributed by atoms with Crippen molar-refractivity contribution in [2.75, 3.05) is 19.7 Å². The van der Waals surface area contributed by atoms with Crippen LogP contribution >= 0.6 is 22.9 Å². The van der Waals surface area contributed by atoms with Crippen molar-refractivity contribution in [2.24, 2.45) is 4.99 Å². The van der Waals surface area contributed by atoms with Gasteiger partial charge in [-0.2, -0.15) is 0 Å². The Kier molecular flexibility index (Phi) is 9.66. The van der Waals surface area contributed by atoms with E-state index in [4.69, 9.17) is 26.1 Å². The van der Waals surface area contributed by atoms with E-state index in [2.05, 4.69) is 0 Å². The van der Waals surface area contributed by atoms with E-state index >= 15 is 0 Å². The van der Waals surface area contributed by atoms with Crippen molar-refractivity contribution in [3.05, 3.63) is 125 Å². The highest BCUT2D eigenvalue weighted by atomic mass is 35.5. The van der Waals surface area contributed by atoms with E-state index < -0.39 is 6.04 Å². The van der Waals surface area contributed by atoms with E-state index in [0.29, 0.717) is 56.8 Å². The van der Waals surface area contributed by atoms with Gasteiger partial charge in [0.25, 0.3) is 11.5 Å². The van der Waals surface area contributed by atoms with Gasteiger partial charge in [-0.3, -0.25) is 14.2 Å². The van der Waals surface area contributed by atoms with Gasteiger partial charge in [0.2, 0.25) is 0 Å². The zero-order valence-corrected chi connectivity index (χ0v) is 26.5. The van der Waals surface area contributed by atoms with Gasteiger partial charge in [-0.25, -0.2) is 9.38 Å². The third-order valence-electron chi connectivity index (χ3n) is 7.36. The molecule has 0 saturated heterocycles. The van der Waals surface area contributed by atoms with Gasteiger partial charge in [0.05, 0.1) is 28.5 Å². The van der Waals surface area contributed by atoms with Crippen LogP contribution in [0.3, 0.4) is 0 Å². The van der Waals surface area contributed by atoms with Crippen LogP contribution in [0, 0.1) is 5.82 Å². The molecule has 44 heavy (non-hydrogen) atoms. The number of hydrogen-bond donors (Lipinski definition) is 0. The highest BCUT2D eigenvalue weighted by Gasteiger charge is 2.34. The van der Waals surface area contributed by atoms with Crippen molar-refractivity contribution in [3.8, 4) is 11.5 Å². The zero-order valence-electron chi connectivity index (χ0n) is 25.0. The Morgan fingerprint density at radius 1 is 1.02 bits per heavy atom. The van der Waals surface area contributed by atoms with Gasteiger partial charge < -0.3 is 14.4 Å². The molecular formula is C34H33ClFN3O4S. The summed E-state index contributed by atoms with van der Waals surface area (Å²) in [7, 11) is 0. The van der Waals surface area contributed by atoms with Crippen LogP contribution in [0.5, 0.6) is 11.5 Å². The van der Waals surface area contributed by atoms with Crippen molar-refractivity contribution < 1.29 is 18.7 Å². The maximum absolute atomic E-state index is 14.0. The number of ether oxygens (including phenoxy) is 2. The van der Waals surface area contributed by atoms with Crippen LogP contribution in [0.1, 0.15) is 50.4 Å². The topological polar surface area (TPSA) is 73.1 Å². The van der Waals surface area contributed by atoms with Crippen LogP contribution in [-0.4, -0.2) is 35.1 Å². The van der Waals surface area contributed by atoms with Crippen molar-refractivity contribution in [2.45, 2.75) is 40.3 Å². The van der Waals surface area contributed by atoms with Crippen LogP contribution in [0.2, 0.25) is 5.02 Å². The highest BCUT2D eigenvalue weighted by Crippen LogP contribution is 2.32. The van der Waals surface area contributed by atoms with Crippen LogP contribution in [0.25, 0.3) is 6.08 Å². The Balaban J connectivity index is 1.56. The summed E-state index contributed by atoms with van der Waals surface area (Å²) in [4.78, 5) is 34.8. The number of halogens is 2. The number of thiazole rings is 1. The largest absolute Gasteiger partial charge is 0.490 e. The van der Waals surface area contributed by atoms with E-state index in [0.717, 1.165) is 16.7 Å². The number of allylic oxidation sites excluding steroid dienone is 1. The zero-order chi connectivity index (χ0) is 31.4. The first kappa shape index (κ1) is 31.2. The Morgan fingerprint density at radius 3 is 2.39 bits per heavy atom. The van der Waals surface area contributed by atoms with Gasteiger partial charge >= 0.3 is 0 Å². The lowest BCUT2D eigenvalue weighted by molar-refractivity contribution is -0.127. The molecule has 1 amide bonds. The van der Waals surface area contributed by atoms with Gasteiger partial charge in [-0.1, -0.05) is 53.3 Å². The number of nitrogens with zero attached hydrogens (tertiary/aromatic N) is 3. The van der Waals surface area contributed by atoms with Gasteiger partial charge in [-0.05, 0) is 86.9 Å². The minimum absolute atomic E-state index is 0.150. The molecule has 1 aromatic heterocycles. The predicted octanol–water partition coefficient (Wildman–Crippen LogP) is 5.87. The van der Waals surface area contributed by atoms with Crippen LogP contribution in [0.4, 0.5) is 4.39 Å². The molecule has 1 aliphatic rings. The molecule has 10 heteroatoms. The number of likely N-dealkylation sites (N-methyl/N-ethyl adjacent to an activating group) is 1. The molecule has 0 saturated carbocycles. The van der Waals surface area contributed by atoms with Crippen LogP contribution < -0.4 is 24.4 Å². The summed E-state index contributed by atoms with van der Waals surface area (Å²) in [6, 6.07) is 18.1. The second-order valence-corrected chi connectivity index (χ2v) is 11.6. The first-order valence-corrected chi connectivity index (χ1v) is 15.6. The Morgan fingerprint density at radius 2 is 1.73 bits per heavy atom. The average molecular weight is 634 g/mol. The molecule has 2 heterocycles. The molecular weight excluding hydrogens is 601 g/mol. The summed E-state index contributed by atoms with van der Waals surface area (Å²) in [5.74, 6) is 0.605. The summed E-state index contributed by atoms with van der Waals surface area (Å²) in [5, 5.41) is 0.564. The molecule has 1 atom stereocenters. The Labute approximate surface area is 264 Å². The summed E-state index contributed by atoms with van der Waals surface area (Å²) in [6.45, 7) is 9.30. The fourth-order valence-electron chi connectivity index (χ4n) is 5.13. The lowest BCUT2D eigenvalue weighted by Crippen LogP contribution is -2.43. The van der Waals surface area contributed by atoms with Gasteiger partial charge in [0, 0.05) is 18.1 Å². The van der Waals surface area contributed by atoms with E-state index in [1.54, 1.807) is 45.9 Å². The first-order chi connectivity index (χ1) is 21.2. The van der Waals surface area contributed by atoms with Gasteiger partial charge in [-0.15, -0.1) is 0 Å². The SMILES string of the molecule is CCOc1cc(/C=c2/sc3n(c2=O)[C@H](c2ccc(Cl)cc2)C(C(=O)N(CC)CC)=C(C)N=3)ccc1OCc1ccc(F)cc1. The van der Waals surface area contributed by atoms with E-state index in [1.165, 1.54) is 23.5 Å². The van der Waals surface area contributed by atoms with Gasteiger partial charge in [0.1, 0.15) is 12.4 Å². The molecule has 1 aliphatic heterocycles. The quantitative estimate of drug-likeness (QED) is 0.219. The number of fused-ring (bicyclic) bond motifs is 1. The van der Waals surface area contributed by atoms with Crippen molar-refractivity contribution >= 4 is 34.9 Å². The molecule has 0 aliphatic carbocycles. The summed E-state index contributed by atoms with van der Waals surface area (Å²) >= 11 is 7.46. The minimum Gasteiger partial charge on any atom is -0.490 e. The van der Waals surface area contributed by atoms with Crippen LogP contribution in [0.15, 0.2) is 87.8 Å². The molecule has 5 rings (SSSR count). The maximum atomic E-state index is 14.0. The standard InChI is InChI=1S/C34H33ClFN3O4S/c1-5-38(6-2)33(41)30-21(4)37-34-39(31(30)24-11-13-25(35)14-12-24)32(40)29(44-34)19-23-10-17-27(28(18-23)42-7-3)43-20-22-8-15-26(36)16-9-22/h8-19,31H,5-7,20H2,1-4H3/b29-19+/t31-/m1/s1. The van der Waals surface area contributed by atoms with E-state index in [1.807, 2.05) is 52.0 Å². The third kappa shape index (κ3) is 6.49. The summed E-state index contributed by atoms with van der Waals surface area (Å²) in [5.41, 5.74) is 3.13. The smallest absolute Gasteiger partial charge is 0.271 e. The second kappa shape index (κ2) is 13.6. The molecule has 0 unspecified atom stereocenters. The number of aromatic nitrogens is 1. The van der Waals surface area contributed by atoms with E-state index in [-0.39, 0.29) is 23.9 Å². The molecule has 4 aromatic rings. The lowest BCUT2D eigenvalue weighted by atomic mass is 9.94. The Bertz CT molecular complexity index is 1880. The van der Waals surface area contributed by atoms with Crippen molar-refractivity contribution in [1.29, 1.82) is 0 Å². The maximum Gasteiger partial charge on any atom is 0.271 e. The Hall–Kier alpha value is -4.21. The predicted molar refractivity (Wildman–Crippen MR) is 171 cm³/mol. The molecule has 7 nitrogen and oxygen atoms in total. The van der Waals surface area contributed by atoms with Crippen molar-refractivity contribution in [3.63, 3.8) is 0 Å². The normalized spacial score (nSPS) is 14.7. The van der Waals surface area contributed by atoms with E-state index in [9.17, 15) is 14.0 Å². The molecule has 0 N–H and O–H groups in total. The lowest BCUT2D eigenvalue weighted by Gasteiger charge is -2.29. The fraction of sp³-hybridized carbons (Fsp3) is 0.265. The van der Waals surface area contributed by atoms with Gasteiger partial charge in [0.15, 0.2) is 16.3 Å². The summed E-state index contributed by atoms with van der Waals surface area (Å²) in [6.07, 6.45) is 1.79. The monoisotopic (exact) mass is 633 g/mol. The molecule has 0 fully saturated rings. The minimum atomic E-state index is -0.653. The third-order valence-corrected chi connectivity index (χ3v) is 8.60. The highest BCUT2D eigenvalue weighted by molar-refractivity contribution is 7.07. The molecule has 0 radical (unpaired) electrons. The number of amides is 1. The first-order valence-electron chi connectivity index (χ1n) is 14.4. The molecule has 0 bridgehead atoms. The number of rotatable bonds is 10. The van der Waals surface area contributed by atoms with Crippen molar-refractivity contribution in [1.82, 2.24) is 9.47 Å².